The third-order valence-corrected chi connectivity index (χ3v) is 5.93. The van der Waals surface area contributed by atoms with Gasteiger partial charge in [-0.1, -0.05) is 45.7 Å². The number of benzene rings is 2. The van der Waals surface area contributed by atoms with Gasteiger partial charge in [-0.25, -0.2) is 0 Å². The predicted molar refractivity (Wildman–Crippen MR) is 118 cm³/mol. The molecule has 0 N–H and O–H groups in total. The zero-order valence-corrected chi connectivity index (χ0v) is 17.9. The van der Waals surface area contributed by atoms with Crippen LogP contribution in [0.1, 0.15) is 33.3 Å². The number of hydrogen-bond acceptors (Lipinski definition) is 4. The highest BCUT2D eigenvalue weighted by molar-refractivity contribution is 9.10. The van der Waals surface area contributed by atoms with Gasteiger partial charge in [0, 0.05) is 28.4 Å². The molecular weight excluding hydrogens is 468 g/mol. The Balaban J connectivity index is 1.74. The highest BCUT2D eigenvalue weighted by atomic mass is 79.9. The molecule has 0 saturated carbocycles. The van der Waals surface area contributed by atoms with Crippen molar-refractivity contribution in [2.24, 2.45) is 0 Å². The Kier molecular flexibility index (Phi) is 4.68. The zero-order chi connectivity index (χ0) is 20.8. The van der Waals surface area contributed by atoms with E-state index in [1.54, 1.807) is 47.6 Å². The fourth-order valence-corrected chi connectivity index (χ4v) is 4.32. The molecule has 2 aromatic heterocycles. The Morgan fingerprint density at radius 2 is 1.90 bits per heavy atom. The van der Waals surface area contributed by atoms with Crippen LogP contribution in [0.15, 0.2) is 80.7 Å². The van der Waals surface area contributed by atoms with Crippen LogP contribution in [0, 0.1) is 0 Å². The minimum Gasteiger partial charge on any atom is -0.450 e. The molecule has 30 heavy (non-hydrogen) atoms. The van der Waals surface area contributed by atoms with E-state index in [4.69, 9.17) is 16.0 Å². The SMILES string of the molecule is O=C1c2oc3ccc(Br)cc3c(=O)c2[C@H](c2ccc(Cl)cc2)N1Cc1cccnc1. The molecule has 4 aromatic rings. The van der Waals surface area contributed by atoms with E-state index >= 15 is 0 Å². The van der Waals surface area contributed by atoms with Crippen LogP contribution in [0.2, 0.25) is 5.02 Å². The normalized spacial score (nSPS) is 15.6. The van der Waals surface area contributed by atoms with Crippen molar-refractivity contribution in [3.63, 3.8) is 0 Å². The summed E-state index contributed by atoms with van der Waals surface area (Å²) in [6, 6.07) is 15.5. The lowest BCUT2D eigenvalue weighted by atomic mass is 9.98. The predicted octanol–water partition coefficient (Wildman–Crippen LogP) is 5.35. The average Bonchev–Trinajstić information content (AvgIpc) is 3.02. The lowest BCUT2D eigenvalue weighted by Crippen LogP contribution is -2.29. The molecule has 0 spiro atoms. The maximum absolute atomic E-state index is 13.5. The molecule has 7 heteroatoms. The summed E-state index contributed by atoms with van der Waals surface area (Å²) in [6.45, 7) is 0.295. The van der Waals surface area contributed by atoms with Crippen LogP contribution < -0.4 is 5.43 Å². The summed E-state index contributed by atoms with van der Waals surface area (Å²) in [5.41, 5.74) is 2.16. The second-order valence-corrected chi connectivity index (χ2v) is 8.41. The largest absolute Gasteiger partial charge is 0.450 e. The fourth-order valence-electron chi connectivity index (χ4n) is 3.84. The van der Waals surface area contributed by atoms with Crippen molar-refractivity contribution in [2.45, 2.75) is 12.6 Å². The minimum absolute atomic E-state index is 0.0821. The van der Waals surface area contributed by atoms with Crippen LogP contribution >= 0.6 is 27.5 Å². The average molecular weight is 482 g/mol. The van der Waals surface area contributed by atoms with Gasteiger partial charge >= 0.3 is 0 Å². The number of pyridine rings is 1. The number of amides is 1. The van der Waals surface area contributed by atoms with Crippen LogP contribution in [0.25, 0.3) is 11.0 Å². The molecule has 0 unspecified atom stereocenters. The fraction of sp³-hybridized carbons (Fsp3) is 0.0870. The van der Waals surface area contributed by atoms with Gasteiger partial charge in [0.25, 0.3) is 5.91 Å². The van der Waals surface area contributed by atoms with Gasteiger partial charge in [-0.15, -0.1) is 0 Å². The van der Waals surface area contributed by atoms with Gasteiger partial charge in [-0.05, 0) is 47.5 Å². The first-order chi connectivity index (χ1) is 14.5. The van der Waals surface area contributed by atoms with Gasteiger partial charge in [0.05, 0.1) is 17.0 Å². The molecule has 0 aliphatic carbocycles. The molecule has 0 saturated heterocycles. The maximum atomic E-state index is 13.5. The quantitative estimate of drug-likeness (QED) is 0.396. The third kappa shape index (κ3) is 3.13. The Hall–Kier alpha value is -2.96. The highest BCUT2D eigenvalue weighted by Gasteiger charge is 2.42. The lowest BCUT2D eigenvalue weighted by molar-refractivity contribution is 0.0714. The van der Waals surface area contributed by atoms with Crippen molar-refractivity contribution in [1.82, 2.24) is 9.88 Å². The van der Waals surface area contributed by atoms with E-state index in [9.17, 15) is 9.59 Å². The lowest BCUT2D eigenvalue weighted by Gasteiger charge is -2.25. The first-order valence-corrected chi connectivity index (χ1v) is 10.4. The van der Waals surface area contributed by atoms with Crippen LogP contribution in [0.3, 0.4) is 0 Å². The third-order valence-electron chi connectivity index (χ3n) is 5.19. The summed E-state index contributed by atoms with van der Waals surface area (Å²) in [4.78, 5) is 32.6. The minimum atomic E-state index is -0.579. The van der Waals surface area contributed by atoms with Crippen LogP contribution in [-0.2, 0) is 6.54 Å². The van der Waals surface area contributed by atoms with Crippen molar-refractivity contribution >= 4 is 44.4 Å². The van der Waals surface area contributed by atoms with E-state index in [1.807, 2.05) is 24.3 Å². The second kappa shape index (κ2) is 7.38. The van der Waals surface area contributed by atoms with Crippen molar-refractivity contribution in [2.75, 3.05) is 0 Å². The molecule has 1 amide bonds. The van der Waals surface area contributed by atoms with E-state index in [-0.39, 0.29) is 17.1 Å². The number of nitrogens with zero attached hydrogens (tertiary/aromatic N) is 2. The molecular formula is C23H14BrClN2O3. The summed E-state index contributed by atoms with van der Waals surface area (Å²) >= 11 is 9.47. The summed E-state index contributed by atoms with van der Waals surface area (Å²) in [7, 11) is 0. The smallest absolute Gasteiger partial charge is 0.291 e. The second-order valence-electron chi connectivity index (χ2n) is 7.06. The number of aromatic nitrogens is 1. The molecule has 3 heterocycles. The number of hydrogen-bond donors (Lipinski definition) is 0. The van der Waals surface area contributed by atoms with Gasteiger partial charge in [0.1, 0.15) is 5.58 Å². The zero-order valence-electron chi connectivity index (χ0n) is 15.5. The molecule has 0 fully saturated rings. The molecule has 148 valence electrons. The first kappa shape index (κ1) is 19.0. The van der Waals surface area contributed by atoms with Crippen molar-refractivity contribution in [3.8, 4) is 0 Å². The van der Waals surface area contributed by atoms with Crippen LogP contribution in [-0.4, -0.2) is 15.8 Å². The summed E-state index contributed by atoms with van der Waals surface area (Å²) in [5, 5.41) is 1.01. The van der Waals surface area contributed by atoms with E-state index < -0.39 is 6.04 Å². The summed E-state index contributed by atoms with van der Waals surface area (Å²) in [5.74, 6) is -0.241. The molecule has 5 rings (SSSR count). The van der Waals surface area contributed by atoms with E-state index in [1.165, 1.54) is 0 Å². The Morgan fingerprint density at radius 3 is 2.63 bits per heavy atom. The Labute approximate surface area is 185 Å². The van der Waals surface area contributed by atoms with E-state index in [0.29, 0.717) is 28.1 Å². The monoisotopic (exact) mass is 480 g/mol. The van der Waals surface area contributed by atoms with Crippen molar-refractivity contribution < 1.29 is 9.21 Å². The summed E-state index contributed by atoms with van der Waals surface area (Å²) < 4.78 is 6.71. The van der Waals surface area contributed by atoms with Gasteiger partial charge in [-0.3, -0.25) is 14.6 Å². The molecule has 1 atom stereocenters. The number of carbonyl (C=O) groups is 1. The Morgan fingerprint density at radius 1 is 1.10 bits per heavy atom. The number of halogens is 2. The number of fused-ring (bicyclic) bond motifs is 2. The van der Waals surface area contributed by atoms with Crippen molar-refractivity contribution in [1.29, 1.82) is 0 Å². The first-order valence-electron chi connectivity index (χ1n) is 9.24. The Bertz CT molecular complexity index is 1340. The van der Waals surface area contributed by atoms with Crippen LogP contribution in [0.4, 0.5) is 0 Å². The van der Waals surface area contributed by atoms with Gasteiger partial charge < -0.3 is 9.32 Å². The molecule has 0 radical (unpaired) electrons. The van der Waals surface area contributed by atoms with E-state index in [2.05, 4.69) is 20.9 Å². The number of rotatable bonds is 3. The standard InChI is InChI=1S/C23H14BrClN2O3/c24-15-5-8-18-17(10-15)21(28)19-20(14-3-6-16(25)7-4-14)27(23(29)22(19)30-18)12-13-2-1-9-26-11-13/h1-11,20H,12H2/t20-/m0/s1. The molecule has 1 aliphatic heterocycles. The van der Waals surface area contributed by atoms with Gasteiger partial charge in [0.15, 0.2) is 5.43 Å². The van der Waals surface area contributed by atoms with E-state index in [0.717, 1.165) is 15.6 Å². The molecule has 1 aliphatic rings. The molecule has 0 bridgehead atoms. The molecule has 2 aromatic carbocycles. The number of carbonyl (C=O) groups excluding carboxylic acids is 1. The topological polar surface area (TPSA) is 63.4 Å². The maximum Gasteiger partial charge on any atom is 0.291 e. The highest BCUT2D eigenvalue weighted by Crippen LogP contribution is 2.39. The van der Waals surface area contributed by atoms with Crippen molar-refractivity contribution in [3.05, 3.63) is 109 Å². The van der Waals surface area contributed by atoms with Gasteiger partial charge in [-0.2, -0.15) is 0 Å². The molecule has 5 nitrogen and oxygen atoms in total. The van der Waals surface area contributed by atoms with Crippen LogP contribution in [0.5, 0.6) is 0 Å². The van der Waals surface area contributed by atoms with Gasteiger partial charge in [0.2, 0.25) is 5.76 Å². The summed E-state index contributed by atoms with van der Waals surface area (Å²) in [6.07, 6.45) is 3.38.